The summed E-state index contributed by atoms with van der Waals surface area (Å²) in [5.74, 6) is -0.105. The molecule has 2 aliphatic rings. The zero-order valence-corrected chi connectivity index (χ0v) is 13.7. The van der Waals surface area contributed by atoms with Crippen LogP contribution in [-0.2, 0) is 4.79 Å². The Hall–Kier alpha value is -0.570. The van der Waals surface area contributed by atoms with E-state index in [0.717, 1.165) is 25.7 Å². The van der Waals surface area contributed by atoms with Gasteiger partial charge in [0.1, 0.15) is 0 Å². The summed E-state index contributed by atoms with van der Waals surface area (Å²) in [7, 11) is 0. The van der Waals surface area contributed by atoms with Gasteiger partial charge >= 0.3 is 0 Å². The van der Waals surface area contributed by atoms with E-state index in [1.165, 1.54) is 70.6 Å². The molecule has 21 heavy (non-hydrogen) atoms. The monoisotopic (exact) mass is 294 g/mol. The average molecular weight is 294 g/mol. The van der Waals surface area contributed by atoms with Crippen LogP contribution in [-0.4, -0.2) is 17.5 Å². The maximum Gasteiger partial charge on any atom is 0.237 e. The Balaban J connectivity index is 1.98. The van der Waals surface area contributed by atoms with Gasteiger partial charge in [-0.05, 0) is 25.7 Å². The predicted octanol–water partition coefficient (Wildman–Crippen LogP) is 4.05. The zero-order chi connectivity index (χ0) is 15.0. The number of hydrogen-bond acceptors (Lipinski definition) is 2. The van der Waals surface area contributed by atoms with Crippen molar-refractivity contribution in [3.8, 4) is 0 Å². The first-order valence-corrected chi connectivity index (χ1v) is 9.31. The van der Waals surface area contributed by atoms with Gasteiger partial charge in [-0.15, -0.1) is 0 Å². The van der Waals surface area contributed by atoms with Gasteiger partial charge in [0.2, 0.25) is 5.91 Å². The molecule has 2 aliphatic carbocycles. The fraction of sp³-hybridized carbons (Fsp3) is 0.944. The lowest BCUT2D eigenvalue weighted by atomic mass is 9.84. The number of carbonyl (C=O) groups excluding carboxylic acids is 1. The second kappa shape index (κ2) is 8.77. The minimum Gasteiger partial charge on any atom is -0.368 e. The van der Waals surface area contributed by atoms with E-state index in [4.69, 9.17) is 5.73 Å². The second-order valence-electron chi connectivity index (χ2n) is 7.25. The predicted molar refractivity (Wildman–Crippen MR) is 88.1 cm³/mol. The Labute approximate surface area is 130 Å². The summed E-state index contributed by atoms with van der Waals surface area (Å²) in [6, 6.07) is 0.519. The molecule has 0 aliphatic heterocycles. The van der Waals surface area contributed by atoms with Gasteiger partial charge in [0, 0.05) is 6.04 Å². The van der Waals surface area contributed by atoms with E-state index < -0.39 is 5.54 Å². The molecule has 0 heterocycles. The van der Waals surface area contributed by atoms with E-state index in [1.807, 2.05) is 0 Å². The van der Waals surface area contributed by atoms with Crippen molar-refractivity contribution in [2.45, 2.75) is 108 Å². The molecular weight excluding hydrogens is 260 g/mol. The highest BCUT2D eigenvalue weighted by Gasteiger charge is 2.37. The van der Waals surface area contributed by atoms with Crippen LogP contribution in [0.3, 0.4) is 0 Å². The summed E-state index contributed by atoms with van der Waals surface area (Å²) in [5, 5.41) is 3.71. The number of amides is 1. The molecule has 0 unspecified atom stereocenters. The molecule has 0 bridgehead atoms. The Morgan fingerprint density at radius 1 is 0.762 bits per heavy atom. The molecule has 0 aromatic heterocycles. The fourth-order valence-corrected chi connectivity index (χ4v) is 4.14. The van der Waals surface area contributed by atoms with Crippen LogP contribution < -0.4 is 11.1 Å². The van der Waals surface area contributed by atoms with E-state index in [-0.39, 0.29) is 5.91 Å². The number of nitrogens with two attached hydrogens (primary N) is 1. The molecule has 0 spiro atoms. The van der Waals surface area contributed by atoms with Crippen LogP contribution in [0, 0.1) is 0 Å². The number of rotatable bonds is 3. The first-order chi connectivity index (χ1) is 10.2. The zero-order valence-electron chi connectivity index (χ0n) is 13.7. The first kappa shape index (κ1) is 16.8. The van der Waals surface area contributed by atoms with Crippen molar-refractivity contribution >= 4 is 5.91 Å². The summed E-state index contributed by atoms with van der Waals surface area (Å²) in [6.45, 7) is 0. The summed E-state index contributed by atoms with van der Waals surface area (Å²) in [6.07, 6.45) is 18.5. The van der Waals surface area contributed by atoms with Gasteiger partial charge in [0.15, 0.2) is 0 Å². The van der Waals surface area contributed by atoms with E-state index >= 15 is 0 Å². The standard InChI is InChI=1S/C18H34N2O/c19-17(21)18(20-16-12-8-9-13-16)14-10-6-4-2-1-3-5-7-11-15-18/h16,20H,1-15H2,(H2,19,21). The van der Waals surface area contributed by atoms with E-state index in [1.54, 1.807) is 0 Å². The highest BCUT2D eigenvalue weighted by Crippen LogP contribution is 2.28. The largest absolute Gasteiger partial charge is 0.368 e. The molecular formula is C18H34N2O. The van der Waals surface area contributed by atoms with Crippen LogP contribution in [0.2, 0.25) is 0 Å². The Bertz CT molecular complexity index is 298. The summed E-state index contributed by atoms with van der Waals surface area (Å²) >= 11 is 0. The molecule has 0 aromatic rings. The molecule has 0 saturated heterocycles. The molecule has 2 rings (SSSR count). The van der Waals surface area contributed by atoms with Crippen LogP contribution in [0.1, 0.15) is 96.3 Å². The van der Waals surface area contributed by atoms with Crippen LogP contribution in [0.4, 0.5) is 0 Å². The summed E-state index contributed by atoms with van der Waals surface area (Å²) in [4.78, 5) is 12.2. The molecule has 2 fully saturated rings. The molecule has 122 valence electrons. The highest BCUT2D eigenvalue weighted by atomic mass is 16.1. The van der Waals surface area contributed by atoms with Crippen molar-refractivity contribution in [2.24, 2.45) is 5.73 Å². The van der Waals surface area contributed by atoms with E-state index in [9.17, 15) is 4.79 Å². The van der Waals surface area contributed by atoms with Gasteiger partial charge in [-0.3, -0.25) is 4.79 Å². The Kier molecular flexibility index (Phi) is 7.01. The molecule has 0 radical (unpaired) electrons. The molecule has 3 N–H and O–H groups in total. The minimum absolute atomic E-state index is 0.105. The highest BCUT2D eigenvalue weighted by molar-refractivity contribution is 5.84. The number of carbonyl (C=O) groups is 1. The average Bonchev–Trinajstić information content (AvgIpc) is 2.94. The topological polar surface area (TPSA) is 55.1 Å². The van der Waals surface area contributed by atoms with Crippen molar-refractivity contribution < 1.29 is 4.79 Å². The maximum atomic E-state index is 12.2. The van der Waals surface area contributed by atoms with Crippen LogP contribution in [0.25, 0.3) is 0 Å². The van der Waals surface area contributed by atoms with Crippen molar-refractivity contribution in [1.82, 2.24) is 5.32 Å². The van der Waals surface area contributed by atoms with Gasteiger partial charge < -0.3 is 11.1 Å². The van der Waals surface area contributed by atoms with Gasteiger partial charge in [-0.2, -0.15) is 0 Å². The molecule has 3 nitrogen and oxygen atoms in total. The number of hydrogen-bond donors (Lipinski definition) is 2. The lowest BCUT2D eigenvalue weighted by Gasteiger charge is -2.35. The van der Waals surface area contributed by atoms with Crippen molar-refractivity contribution in [1.29, 1.82) is 0 Å². The molecule has 2 saturated carbocycles. The normalized spacial score (nSPS) is 25.9. The van der Waals surface area contributed by atoms with E-state index in [0.29, 0.717) is 6.04 Å². The summed E-state index contributed by atoms with van der Waals surface area (Å²) < 4.78 is 0. The second-order valence-corrected chi connectivity index (χ2v) is 7.25. The number of nitrogens with one attached hydrogen (secondary N) is 1. The molecule has 1 amide bonds. The molecule has 0 atom stereocenters. The third kappa shape index (κ3) is 5.28. The van der Waals surface area contributed by atoms with Gasteiger partial charge in [-0.25, -0.2) is 0 Å². The van der Waals surface area contributed by atoms with Crippen molar-refractivity contribution in [3.05, 3.63) is 0 Å². The van der Waals surface area contributed by atoms with Gasteiger partial charge in [0.25, 0.3) is 0 Å². The molecule has 3 heteroatoms. The number of primary amides is 1. The summed E-state index contributed by atoms with van der Waals surface area (Å²) in [5.41, 5.74) is 5.44. The van der Waals surface area contributed by atoms with Gasteiger partial charge in [0.05, 0.1) is 5.54 Å². The quantitative estimate of drug-likeness (QED) is 0.825. The van der Waals surface area contributed by atoms with Crippen molar-refractivity contribution in [2.75, 3.05) is 0 Å². The van der Waals surface area contributed by atoms with Crippen LogP contribution in [0.15, 0.2) is 0 Å². The Morgan fingerprint density at radius 3 is 1.62 bits per heavy atom. The third-order valence-electron chi connectivity index (χ3n) is 5.51. The Morgan fingerprint density at radius 2 is 1.19 bits per heavy atom. The van der Waals surface area contributed by atoms with Gasteiger partial charge in [-0.1, -0.05) is 70.6 Å². The molecule has 0 aromatic carbocycles. The van der Waals surface area contributed by atoms with Crippen LogP contribution >= 0.6 is 0 Å². The third-order valence-corrected chi connectivity index (χ3v) is 5.51. The maximum absolute atomic E-state index is 12.2. The lowest BCUT2D eigenvalue weighted by molar-refractivity contribution is -0.125. The SMILES string of the molecule is NC(=O)C1(NC2CCCC2)CCCCCCCCCCC1. The van der Waals surface area contributed by atoms with Crippen molar-refractivity contribution in [3.63, 3.8) is 0 Å². The lowest BCUT2D eigenvalue weighted by Crippen LogP contribution is -2.58. The smallest absolute Gasteiger partial charge is 0.237 e. The first-order valence-electron chi connectivity index (χ1n) is 9.31. The fourth-order valence-electron chi connectivity index (χ4n) is 4.14. The van der Waals surface area contributed by atoms with E-state index in [2.05, 4.69) is 5.32 Å². The van der Waals surface area contributed by atoms with Crippen LogP contribution in [0.5, 0.6) is 0 Å². The minimum atomic E-state index is -0.422.